The number of hydrogen-bond donors (Lipinski definition) is 0. The van der Waals surface area contributed by atoms with Crippen molar-refractivity contribution < 1.29 is 27.8 Å². The van der Waals surface area contributed by atoms with Crippen LogP contribution < -0.4 is 9.47 Å². The Morgan fingerprint density at radius 3 is 2.42 bits per heavy atom. The topological polar surface area (TPSA) is 63.2 Å². The summed E-state index contributed by atoms with van der Waals surface area (Å²) in [5, 5.41) is 0. The molecular formula is C19H31O6P. The molecule has 1 saturated carbocycles. The van der Waals surface area contributed by atoms with E-state index in [-0.39, 0.29) is 18.6 Å². The predicted molar refractivity (Wildman–Crippen MR) is 101 cm³/mol. The maximum atomic E-state index is 12.5. The smallest absolute Gasteiger partial charge is 0.367 e. The van der Waals surface area contributed by atoms with Gasteiger partial charge in [-0.05, 0) is 51.2 Å². The minimum atomic E-state index is -3.24. The fourth-order valence-corrected chi connectivity index (χ4v) is 4.47. The third-order valence-electron chi connectivity index (χ3n) is 4.43. The summed E-state index contributed by atoms with van der Waals surface area (Å²) in [6.45, 7) is 6.41. The third-order valence-corrected chi connectivity index (χ3v) is 6.18. The Labute approximate surface area is 156 Å². The van der Waals surface area contributed by atoms with Gasteiger partial charge < -0.3 is 23.3 Å². The first-order valence-electron chi connectivity index (χ1n) is 9.30. The SMILES string of the molecule is CCOP(=O)(COc1cccc(O[C@@H]2CCC(C)C[C@H]2OC)c1)OCC. The molecule has 2 rings (SSSR count). The number of rotatable bonds is 10. The average molecular weight is 386 g/mol. The van der Waals surface area contributed by atoms with Gasteiger partial charge in [0.2, 0.25) is 0 Å². The molecule has 1 aromatic carbocycles. The van der Waals surface area contributed by atoms with E-state index in [4.69, 9.17) is 23.3 Å². The monoisotopic (exact) mass is 386 g/mol. The maximum Gasteiger partial charge on any atom is 0.367 e. The van der Waals surface area contributed by atoms with E-state index in [1.165, 1.54) is 0 Å². The second-order valence-corrected chi connectivity index (χ2v) is 8.54. The lowest BCUT2D eigenvalue weighted by atomic mass is 9.86. The first-order valence-corrected chi connectivity index (χ1v) is 11.0. The Kier molecular flexibility index (Phi) is 8.42. The molecule has 7 heteroatoms. The van der Waals surface area contributed by atoms with Crippen molar-refractivity contribution in [2.45, 2.75) is 52.2 Å². The van der Waals surface area contributed by atoms with Gasteiger partial charge in [-0.3, -0.25) is 4.57 Å². The van der Waals surface area contributed by atoms with Crippen LogP contribution in [0.15, 0.2) is 24.3 Å². The van der Waals surface area contributed by atoms with Gasteiger partial charge in [0.1, 0.15) is 17.6 Å². The van der Waals surface area contributed by atoms with Gasteiger partial charge in [-0.1, -0.05) is 13.0 Å². The average Bonchev–Trinajstić information content (AvgIpc) is 2.62. The summed E-state index contributed by atoms with van der Waals surface area (Å²) >= 11 is 0. The second-order valence-electron chi connectivity index (χ2n) is 6.54. The molecule has 3 atom stereocenters. The number of ether oxygens (including phenoxy) is 3. The van der Waals surface area contributed by atoms with Crippen LogP contribution in [0, 0.1) is 5.92 Å². The minimum absolute atomic E-state index is 0.0319. The largest absolute Gasteiger partial charge is 0.488 e. The highest BCUT2D eigenvalue weighted by Crippen LogP contribution is 2.48. The molecule has 0 bridgehead atoms. The van der Waals surface area contributed by atoms with Crippen LogP contribution in [0.4, 0.5) is 0 Å². The molecular weight excluding hydrogens is 355 g/mol. The van der Waals surface area contributed by atoms with E-state index in [2.05, 4.69) is 6.92 Å². The molecule has 26 heavy (non-hydrogen) atoms. The fraction of sp³-hybridized carbons (Fsp3) is 0.684. The number of methoxy groups -OCH3 is 1. The van der Waals surface area contributed by atoms with Gasteiger partial charge in [-0.25, -0.2) is 0 Å². The van der Waals surface area contributed by atoms with E-state index >= 15 is 0 Å². The molecule has 1 fully saturated rings. The van der Waals surface area contributed by atoms with E-state index in [0.29, 0.717) is 30.6 Å². The zero-order chi connectivity index (χ0) is 19.0. The van der Waals surface area contributed by atoms with Crippen LogP contribution in [0.5, 0.6) is 11.5 Å². The highest BCUT2D eigenvalue weighted by molar-refractivity contribution is 7.53. The van der Waals surface area contributed by atoms with Crippen molar-refractivity contribution in [2.75, 3.05) is 26.7 Å². The molecule has 1 aromatic rings. The van der Waals surface area contributed by atoms with Crippen molar-refractivity contribution in [3.05, 3.63) is 24.3 Å². The summed E-state index contributed by atoms with van der Waals surface area (Å²) in [6.07, 6.45) is 3.11. The fourth-order valence-electron chi connectivity index (χ4n) is 3.15. The first-order chi connectivity index (χ1) is 12.5. The summed E-state index contributed by atoms with van der Waals surface area (Å²) in [5.41, 5.74) is 0. The lowest BCUT2D eigenvalue weighted by Gasteiger charge is -2.34. The van der Waals surface area contributed by atoms with E-state index < -0.39 is 7.60 Å². The summed E-state index contributed by atoms with van der Waals surface area (Å²) in [6, 6.07) is 7.34. The van der Waals surface area contributed by atoms with Crippen LogP contribution >= 0.6 is 7.60 Å². The summed E-state index contributed by atoms with van der Waals surface area (Å²) in [4.78, 5) is 0. The standard InChI is InChI=1S/C19H31O6P/c1-5-23-26(20,24-6-2)14-22-16-8-7-9-17(13-16)25-18-11-10-15(3)12-19(18)21-4/h7-9,13,15,18-19H,5-6,10-12,14H2,1-4H3/t15?,18-,19-/m1/s1. The summed E-state index contributed by atoms with van der Waals surface area (Å²) in [7, 11) is -1.51. The van der Waals surface area contributed by atoms with Crippen molar-refractivity contribution >= 4 is 7.60 Å². The van der Waals surface area contributed by atoms with Crippen molar-refractivity contribution in [2.24, 2.45) is 5.92 Å². The van der Waals surface area contributed by atoms with Crippen LogP contribution in [0.2, 0.25) is 0 Å². The Balaban J connectivity index is 1.98. The molecule has 0 heterocycles. The zero-order valence-corrected chi connectivity index (χ0v) is 17.1. The zero-order valence-electron chi connectivity index (χ0n) is 16.2. The van der Waals surface area contributed by atoms with Crippen molar-refractivity contribution in [3.8, 4) is 11.5 Å². The first kappa shape index (κ1) is 21.2. The quantitative estimate of drug-likeness (QED) is 0.535. The Hall–Kier alpha value is -1.07. The Morgan fingerprint density at radius 1 is 1.08 bits per heavy atom. The van der Waals surface area contributed by atoms with E-state index in [9.17, 15) is 4.57 Å². The molecule has 0 radical (unpaired) electrons. The molecule has 1 aliphatic rings. The van der Waals surface area contributed by atoms with Crippen molar-refractivity contribution in [1.82, 2.24) is 0 Å². The van der Waals surface area contributed by atoms with Gasteiger partial charge in [0, 0.05) is 13.2 Å². The van der Waals surface area contributed by atoms with E-state index in [1.54, 1.807) is 33.1 Å². The molecule has 0 spiro atoms. The van der Waals surface area contributed by atoms with Gasteiger partial charge >= 0.3 is 7.60 Å². The van der Waals surface area contributed by atoms with Crippen LogP contribution in [0.3, 0.4) is 0 Å². The second kappa shape index (κ2) is 10.3. The molecule has 0 N–H and O–H groups in total. The van der Waals surface area contributed by atoms with E-state index in [0.717, 1.165) is 19.3 Å². The van der Waals surface area contributed by atoms with Gasteiger partial charge in [-0.2, -0.15) is 0 Å². The van der Waals surface area contributed by atoms with Gasteiger partial charge in [0.15, 0.2) is 6.35 Å². The highest BCUT2D eigenvalue weighted by Gasteiger charge is 2.30. The van der Waals surface area contributed by atoms with Gasteiger partial charge in [0.25, 0.3) is 0 Å². The van der Waals surface area contributed by atoms with Gasteiger partial charge in [0.05, 0.1) is 19.3 Å². The molecule has 6 nitrogen and oxygen atoms in total. The predicted octanol–water partition coefficient (Wildman–Crippen LogP) is 4.87. The van der Waals surface area contributed by atoms with Crippen molar-refractivity contribution in [3.63, 3.8) is 0 Å². The molecule has 1 aliphatic carbocycles. The molecule has 0 amide bonds. The van der Waals surface area contributed by atoms with Crippen LogP contribution in [-0.4, -0.2) is 38.9 Å². The van der Waals surface area contributed by atoms with Gasteiger partial charge in [-0.15, -0.1) is 0 Å². The third kappa shape index (κ3) is 6.27. The van der Waals surface area contributed by atoms with Crippen LogP contribution in [0.1, 0.15) is 40.0 Å². The maximum absolute atomic E-state index is 12.5. The molecule has 148 valence electrons. The Morgan fingerprint density at radius 2 is 1.77 bits per heavy atom. The van der Waals surface area contributed by atoms with Crippen molar-refractivity contribution in [1.29, 1.82) is 0 Å². The van der Waals surface area contributed by atoms with E-state index in [1.807, 2.05) is 12.1 Å². The molecule has 0 saturated heterocycles. The molecule has 0 aliphatic heterocycles. The number of hydrogen-bond acceptors (Lipinski definition) is 6. The molecule has 0 aromatic heterocycles. The molecule has 1 unspecified atom stereocenters. The lowest BCUT2D eigenvalue weighted by Crippen LogP contribution is -2.38. The summed E-state index contributed by atoms with van der Waals surface area (Å²) in [5.74, 6) is 1.94. The lowest BCUT2D eigenvalue weighted by molar-refractivity contribution is -0.0357. The van der Waals surface area contributed by atoms with Crippen LogP contribution in [0.25, 0.3) is 0 Å². The highest BCUT2D eigenvalue weighted by atomic mass is 31.2. The minimum Gasteiger partial charge on any atom is -0.488 e. The van der Waals surface area contributed by atoms with Crippen LogP contribution in [-0.2, 0) is 18.3 Å². The number of benzene rings is 1. The normalized spacial score (nSPS) is 23.6. The Bertz CT molecular complexity index is 583. The summed E-state index contributed by atoms with van der Waals surface area (Å²) < 4.78 is 40.4.